The van der Waals surface area contributed by atoms with Crippen LogP contribution in [0.5, 0.6) is 5.75 Å². The molecule has 1 saturated carbocycles. The van der Waals surface area contributed by atoms with Gasteiger partial charge >= 0.3 is 0 Å². The molecule has 0 aliphatic heterocycles. The van der Waals surface area contributed by atoms with E-state index in [4.69, 9.17) is 14.7 Å². The maximum absolute atomic E-state index is 8.72. The van der Waals surface area contributed by atoms with E-state index in [0.29, 0.717) is 6.42 Å². The van der Waals surface area contributed by atoms with Gasteiger partial charge in [-0.3, -0.25) is 0 Å². The molecule has 1 aliphatic carbocycles. The minimum absolute atomic E-state index is 0.163. The average molecular weight is 231 g/mol. The Labute approximate surface area is 102 Å². The molecule has 1 fully saturated rings. The first-order valence-corrected chi connectivity index (χ1v) is 5.96. The predicted octanol–water partition coefficient (Wildman–Crippen LogP) is 3.08. The lowest BCUT2D eigenvalue weighted by molar-refractivity contribution is 0.107. The van der Waals surface area contributed by atoms with Gasteiger partial charge in [-0.25, -0.2) is 0 Å². The Balaban J connectivity index is 2.01. The molecule has 0 bridgehead atoms. The van der Waals surface area contributed by atoms with E-state index >= 15 is 0 Å². The smallest absolute Gasteiger partial charge is 0.119 e. The highest BCUT2D eigenvalue weighted by Gasteiger charge is 2.22. The lowest BCUT2D eigenvalue weighted by Gasteiger charge is -2.13. The lowest BCUT2D eigenvalue weighted by Crippen LogP contribution is -2.03. The van der Waals surface area contributed by atoms with E-state index in [1.165, 1.54) is 12.8 Å². The summed E-state index contributed by atoms with van der Waals surface area (Å²) in [6, 6.07) is 9.96. The Morgan fingerprint density at radius 2 is 2.29 bits per heavy atom. The van der Waals surface area contributed by atoms with Gasteiger partial charge < -0.3 is 9.47 Å². The van der Waals surface area contributed by atoms with Gasteiger partial charge in [-0.05, 0) is 36.5 Å². The van der Waals surface area contributed by atoms with Crippen LogP contribution in [0.2, 0.25) is 0 Å². The molecular weight excluding hydrogens is 214 g/mol. The fraction of sp³-hybridized carbons (Fsp3) is 0.500. The van der Waals surface area contributed by atoms with Crippen LogP contribution < -0.4 is 4.74 Å². The molecule has 1 atom stereocenters. The zero-order chi connectivity index (χ0) is 12.1. The highest BCUT2D eigenvalue weighted by Crippen LogP contribution is 2.30. The van der Waals surface area contributed by atoms with Crippen LogP contribution >= 0.6 is 0 Å². The quantitative estimate of drug-likeness (QED) is 0.755. The third kappa shape index (κ3) is 3.47. The molecule has 0 N–H and O–H groups in total. The van der Waals surface area contributed by atoms with Crippen molar-refractivity contribution in [2.45, 2.75) is 25.4 Å². The second-order valence-electron chi connectivity index (χ2n) is 4.41. The lowest BCUT2D eigenvalue weighted by atomic mass is 10.1. The zero-order valence-electron chi connectivity index (χ0n) is 10.1. The number of rotatable bonds is 6. The largest absolute Gasteiger partial charge is 0.493 e. The van der Waals surface area contributed by atoms with Gasteiger partial charge in [-0.1, -0.05) is 12.1 Å². The molecule has 1 aromatic carbocycles. The minimum Gasteiger partial charge on any atom is -0.493 e. The first-order chi connectivity index (χ1) is 8.33. The Kier molecular flexibility index (Phi) is 4.00. The molecule has 0 radical (unpaired) electrons. The third-order valence-electron chi connectivity index (χ3n) is 2.97. The van der Waals surface area contributed by atoms with E-state index in [2.05, 4.69) is 6.07 Å². The van der Waals surface area contributed by atoms with Crippen LogP contribution in [0.4, 0.5) is 0 Å². The summed E-state index contributed by atoms with van der Waals surface area (Å²) in [7, 11) is 1.62. The predicted molar refractivity (Wildman–Crippen MR) is 64.6 cm³/mol. The molecule has 0 amide bonds. The molecule has 0 aromatic heterocycles. The molecule has 17 heavy (non-hydrogen) atoms. The number of hydrogen-bond donors (Lipinski definition) is 0. The van der Waals surface area contributed by atoms with Crippen LogP contribution in [0.15, 0.2) is 24.3 Å². The van der Waals surface area contributed by atoms with Crippen molar-refractivity contribution in [2.75, 3.05) is 13.7 Å². The SMILES string of the molecule is COC(CC#N)c1cccc(OCC2CC2)c1. The fourth-order valence-corrected chi connectivity index (χ4v) is 1.72. The first kappa shape index (κ1) is 11.9. The van der Waals surface area contributed by atoms with Gasteiger partial charge in [-0.15, -0.1) is 0 Å². The Hall–Kier alpha value is -1.53. The second-order valence-corrected chi connectivity index (χ2v) is 4.41. The fourth-order valence-electron chi connectivity index (χ4n) is 1.72. The van der Waals surface area contributed by atoms with Gasteiger partial charge in [0.15, 0.2) is 0 Å². The highest BCUT2D eigenvalue weighted by molar-refractivity contribution is 5.30. The van der Waals surface area contributed by atoms with Gasteiger partial charge in [0.05, 0.1) is 25.2 Å². The van der Waals surface area contributed by atoms with Crippen molar-refractivity contribution in [1.29, 1.82) is 5.26 Å². The van der Waals surface area contributed by atoms with Crippen molar-refractivity contribution in [3.8, 4) is 11.8 Å². The number of methoxy groups -OCH3 is 1. The summed E-state index contributed by atoms with van der Waals surface area (Å²) in [5.74, 6) is 1.62. The standard InChI is InChI=1S/C14H17NO2/c1-16-14(7-8-15)12-3-2-4-13(9-12)17-10-11-5-6-11/h2-4,9,11,14H,5-7,10H2,1H3. The first-order valence-electron chi connectivity index (χ1n) is 5.96. The van der Waals surface area contributed by atoms with Crippen LogP contribution in [0.1, 0.15) is 30.9 Å². The van der Waals surface area contributed by atoms with Crippen molar-refractivity contribution >= 4 is 0 Å². The van der Waals surface area contributed by atoms with E-state index in [-0.39, 0.29) is 6.10 Å². The summed E-state index contributed by atoms with van der Waals surface area (Å²) >= 11 is 0. The van der Waals surface area contributed by atoms with Crippen molar-refractivity contribution in [2.24, 2.45) is 5.92 Å². The molecule has 1 aromatic rings. The van der Waals surface area contributed by atoms with Crippen molar-refractivity contribution < 1.29 is 9.47 Å². The summed E-state index contributed by atoms with van der Waals surface area (Å²) in [6.07, 6.45) is 2.77. The molecule has 0 spiro atoms. The van der Waals surface area contributed by atoms with Gasteiger partial charge in [0, 0.05) is 7.11 Å². The van der Waals surface area contributed by atoms with Crippen LogP contribution in [0.25, 0.3) is 0 Å². The molecule has 1 unspecified atom stereocenters. The monoisotopic (exact) mass is 231 g/mol. The molecular formula is C14H17NO2. The van der Waals surface area contributed by atoms with Gasteiger partial charge in [-0.2, -0.15) is 5.26 Å². The van der Waals surface area contributed by atoms with Gasteiger partial charge in [0.25, 0.3) is 0 Å². The summed E-state index contributed by atoms with van der Waals surface area (Å²) in [6.45, 7) is 0.805. The molecule has 1 aliphatic rings. The molecule has 0 saturated heterocycles. The second kappa shape index (κ2) is 5.70. The molecule has 3 nitrogen and oxygen atoms in total. The van der Waals surface area contributed by atoms with Crippen molar-refractivity contribution in [1.82, 2.24) is 0 Å². The number of benzene rings is 1. The van der Waals surface area contributed by atoms with Crippen LogP contribution in [0.3, 0.4) is 0 Å². The Bertz CT molecular complexity index is 407. The number of nitrogens with zero attached hydrogens (tertiary/aromatic N) is 1. The topological polar surface area (TPSA) is 42.2 Å². The molecule has 0 heterocycles. The van der Waals surface area contributed by atoms with Crippen LogP contribution in [0, 0.1) is 17.2 Å². The maximum atomic E-state index is 8.72. The zero-order valence-corrected chi connectivity index (χ0v) is 10.1. The number of hydrogen-bond acceptors (Lipinski definition) is 3. The highest BCUT2D eigenvalue weighted by atomic mass is 16.5. The minimum atomic E-state index is -0.163. The van der Waals surface area contributed by atoms with Crippen molar-refractivity contribution in [3.05, 3.63) is 29.8 Å². The maximum Gasteiger partial charge on any atom is 0.119 e. The van der Waals surface area contributed by atoms with Crippen molar-refractivity contribution in [3.63, 3.8) is 0 Å². The van der Waals surface area contributed by atoms with Gasteiger partial charge in [0.2, 0.25) is 0 Å². The Morgan fingerprint density at radius 1 is 1.47 bits per heavy atom. The van der Waals surface area contributed by atoms with E-state index in [9.17, 15) is 0 Å². The van der Waals surface area contributed by atoms with E-state index < -0.39 is 0 Å². The van der Waals surface area contributed by atoms with E-state index in [1.807, 2.05) is 24.3 Å². The van der Waals surface area contributed by atoms with Crippen LogP contribution in [-0.4, -0.2) is 13.7 Å². The number of nitriles is 1. The van der Waals surface area contributed by atoms with Gasteiger partial charge in [0.1, 0.15) is 5.75 Å². The van der Waals surface area contributed by atoms with E-state index in [0.717, 1.165) is 23.8 Å². The summed E-state index contributed by atoms with van der Waals surface area (Å²) in [5.41, 5.74) is 1.00. The number of ether oxygens (including phenoxy) is 2. The molecule has 90 valence electrons. The average Bonchev–Trinajstić information content (AvgIpc) is 3.18. The van der Waals surface area contributed by atoms with E-state index in [1.54, 1.807) is 7.11 Å². The normalized spacial score (nSPS) is 16.2. The summed E-state index contributed by atoms with van der Waals surface area (Å²) in [4.78, 5) is 0. The summed E-state index contributed by atoms with van der Waals surface area (Å²) < 4.78 is 11.0. The third-order valence-corrected chi connectivity index (χ3v) is 2.97. The summed E-state index contributed by atoms with van der Waals surface area (Å²) in [5, 5.41) is 8.72. The molecule has 2 rings (SSSR count). The van der Waals surface area contributed by atoms with Crippen LogP contribution in [-0.2, 0) is 4.74 Å². The Morgan fingerprint density at radius 3 is 2.94 bits per heavy atom. The molecule has 3 heteroatoms.